The van der Waals surface area contributed by atoms with E-state index in [2.05, 4.69) is 0 Å². The van der Waals surface area contributed by atoms with Gasteiger partial charge in [-0.3, -0.25) is 19.3 Å². The Balaban J connectivity index is 1.39. The number of Topliss-reactive ketones (excluding diaryl/α,β-unsaturated/α-hetero) is 1. The Morgan fingerprint density at radius 2 is 1.67 bits per heavy atom. The van der Waals surface area contributed by atoms with Crippen molar-refractivity contribution in [3.63, 3.8) is 0 Å². The standard InChI is InChI=1S/C20H20ClNO5/c1-10(20(26)27-9-15(23)11-4-6-14(21)7-5-11)22-18(24)16-12-2-3-13(8-12)17(16)19(22)25/h4-7,10,12-13,16-17H,2-3,8-9H2,1H3. The fraction of sp³-hybridized carbons (Fsp3) is 0.500. The highest BCUT2D eigenvalue weighted by Crippen LogP contribution is 2.56. The summed E-state index contributed by atoms with van der Waals surface area (Å²) in [7, 11) is 0. The van der Waals surface area contributed by atoms with Crippen LogP contribution < -0.4 is 0 Å². The van der Waals surface area contributed by atoms with Crippen LogP contribution in [0.5, 0.6) is 0 Å². The van der Waals surface area contributed by atoms with Gasteiger partial charge in [0, 0.05) is 10.6 Å². The van der Waals surface area contributed by atoms with Gasteiger partial charge >= 0.3 is 5.97 Å². The Bertz CT molecular complexity index is 792. The van der Waals surface area contributed by atoms with Crippen molar-refractivity contribution in [2.75, 3.05) is 6.61 Å². The number of hydrogen-bond donors (Lipinski definition) is 0. The summed E-state index contributed by atoms with van der Waals surface area (Å²) in [5, 5.41) is 0.503. The van der Waals surface area contributed by atoms with E-state index in [4.69, 9.17) is 16.3 Å². The van der Waals surface area contributed by atoms with E-state index < -0.39 is 18.6 Å². The van der Waals surface area contributed by atoms with Gasteiger partial charge in [0.1, 0.15) is 6.04 Å². The van der Waals surface area contributed by atoms with Gasteiger partial charge in [-0.15, -0.1) is 0 Å². The maximum Gasteiger partial charge on any atom is 0.329 e. The zero-order valence-electron chi connectivity index (χ0n) is 14.9. The van der Waals surface area contributed by atoms with Crippen molar-refractivity contribution < 1.29 is 23.9 Å². The number of esters is 1. The highest BCUT2D eigenvalue weighted by Gasteiger charge is 2.62. The Hall–Kier alpha value is -2.21. The number of fused-ring (bicyclic) bond motifs is 5. The highest BCUT2D eigenvalue weighted by atomic mass is 35.5. The van der Waals surface area contributed by atoms with Crippen molar-refractivity contribution in [3.8, 4) is 0 Å². The summed E-state index contributed by atoms with van der Waals surface area (Å²) in [5.74, 6) is -1.67. The van der Waals surface area contributed by atoms with Crippen LogP contribution in [0.4, 0.5) is 0 Å². The van der Waals surface area contributed by atoms with Crippen LogP contribution in [0.2, 0.25) is 5.02 Å². The van der Waals surface area contributed by atoms with Crippen molar-refractivity contribution in [1.82, 2.24) is 4.90 Å². The summed E-state index contributed by atoms with van der Waals surface area (Å²) in [6.45, 7) is 1.03. The number of halogens is 1. The first-order chi connectivity index (χ1) is 12.9. The average molecular weight is 390 g/mol. The van der Waals surface area contributed by atoms with E-state index in [0.717, 1.165) is 24.2 Å². The first-order valence-corrected chi connectivity index (χ1v) is 9.58. The summed E-state index contributed by atoms with van der Waals surface area (Å²) < 4.78 is 5.08. The predicted molar refractivity (Wildman–Crippen MR) is 95.9 cm³/mol. The minimum Gasteiger partial charge on any atom is -0.456 e. The minimum atomic E-state index is -1.02. The molecule has 27 heavy (non-hydrogen) atoms. The smallest absolute Gasteiger partial charge is 0.329 e. The lowest BCUT2D eigenvalue weighted by atomic mass is 9.81. The van der Waals surface area contributed by atoms with Crippen LogP contribution in [0.25, 0.3) is 0 Å². The van der Waals surface area contributed by atoms with Crippen LogP contribution in [0.15, 0.2) is 24.3 Å². The number of benzene rings is 1. The lowest BCUT2D eigenvalue weighted by molar-refractivity contribution is -0.157. The summed E-state index contributed by atoms with van der Waals surface area (Å²) in [6.07, 6.45) is 2.90. The van der Waals surface area contributed by atoms with Gasteiger partial charge in [0.25, 0.3) is 0 Å². The largest absolute Gasteiger partial charge is 0.456 e. The Morgan fingerprint density at radius 1 is 1.11 bits per heavy atom. The fourth-order valence-electron chi connectivity index (χ4n) is 4.90. The van der Waals surface area contributed by atoms with Gasteiger partial charge in [-0.25, -0.2) is 4.79 Å². The molecular formula is C20H20ClNO5. The molecule has 142 valence electrons. The van der Waals surface area contributed by atoms with Gasteiger partial charge in [0.15, 0.2) is 12.4 Å². The maximum atomic E-state index is 12.7. The number of carbonyl (C=O) groups is 4. The Labute approximate surface area is 161 Å². The number of hydrogen-bond acceptors (Lipinski definition) is 5. The molecule has 4 rings (SSSR count). The molecule has 7 heteroatoms. The van der Waals surface area contributed by atoms with Crippen LogP contribution in [0.3, 0.4) is 0 Å². The monoisotopic (exact) mass is 389 g/mol. The average Bonchev–Trinajstić information content (AvgIpc) is 3.33. The minimum absolute atomic E-state index is 0.259. The van der Waals surface area contributed by atoms with E-state index >= 15 is 0 Å². The molecule has 0 radical (unpaired) electrons. The molecule has 1 saturated heterocycles. The van der Waals surface area contributed by atoms with Gasteiger partial charge in [0.05, 0.1) is 11.8 Å². The van der Waals surface area contributed by atoms with Crippen LogP contribution in [-0.2, 0) is 19.1 Å². The first-order valence-electron chi connectivity index (χ1n) is 9.20. The Morgan fingerprint density at radius 3 is 2.22 bits per heavy atom. The van der Waals surface area contributed by atoms with E-state index in [1.54, 1.807) is 24.3 Å². The summed E-state index contributed by atoms with van der Waals surface area (Å²) >= 11 is 5.78. The molecule has 3 fully saturated rings. The zero-order valence-corrected chi connectivity index (χ0v) is 15.6. The van der Waals surface area contributed by atoms with Gasteiger partial charge in [-0.05, 0) is 62.3 Å². The molecule has 2 bridgehead atoms. The molecule has 2 aliphatic carbocycles. The van der Waals surface area contributed by atoms with E-state index in [-0.39, 0.29) is 41.3 Å². The molecule has 1 aromatic carbocycles. The number of nitrogens with zero attached hydrogens (tertiary/aromatic N) is 1. The third kappa shape index (κ3) is 2.96. The number of rotatable bonds is 5. The highest BCUT2D eigenvalue weighted by molar-refractivity contribution is 6.30. The number of carbonyl (C=O) groups excluding carboxylic acids is 4. The second-order valence-electron chi connectivity index (χ2n) is 7.65. The van der Waals surface area contributed by atoms with Gasteiger partial charge in [-0.2, -0.15) is 0 Å². The Kier molecular flexibility index (Phi) is 4.54. The predicted octanol–water partition coefficient (Wildman–Crippen LogP) is 2.49. The fourth-order valence-corrected chi connectivity index (χ4v) is 5.02. The molecule has 5 atom stereocenters. The molecule has 1 heterocycles. The van der Waals surface area contributed by atoms with Crippen LogP contribution in [-0.4, -0.2) is 41.1 Å². The van der Waals surface area contributed by atoms with Crippen LogP contribution in [0, 0.1) is 23.7 Å². The third-order valence-corrected chi connectivity index (χ3v) is 6.45. The van der Waals surface area contributed by atoms with Crippen molar-refractivity contribution in [3.05, 3.63) is 34.9 Å². The zero-order chi connectivity index (χ0) is 19.3. The van der Waals surface area contributed by atoms with Crippen LogP contribution in [0.1, 0.15) is 36.5 Å². The van der Waals surface area contributed by atoms with Crippen molar-refractivity contribution >= 4 is 35.2 Å². The van der Waals surface area contributed by atoms with Crippen molar-refractivity contribution in [1.29, 1.82) is 0 Å². The molecule has 6 nitrogen and oxygen atoms in total. The van der Waals surface area contributed by atoms with E-state index in [1.807, 2.05) is 0 Å². The second kappa shape index (κ2) is 6.75. The van der Waals surface area contributed by atoms with Crippen molar-refractivity contribution in [2.24, 2.45) is 23.7 Å². The van der Waals surface area contributed by atoms with Crippen LogP contribution >= 0.6 is 11.6 Å². The number of imide groups is 1. The van der Waals surface area contributed by atoms with E-state index in [9.17, 15) is 19.2 Å². The molecule has 2 saturated carbocycles. The normalized spacial score (nSPS) is 29.8. The number of ketones is 1. The summed E-state index contributed by atoms with van der Waals surface area (Å²) in [4.78, 5) is 51.0. The lowest BCUT2D eigenvalue weighted by Crippen LogP contribution is -2.45. The topological polar surface area (TPSA) is 80.8 Å². The van der Waals surface area contributed by atoms with Gasteiger partial charge in [0.2, 0.25) is 11.8 Å². The van der Waals surface area contributed by atoms with E-state index in [0.29, 0.717) is 10.6 Å². The SMILES string of the molecule is CC(C(=O)OCC(=O)c1ccc(Cl)cc1)N1C(=O)C2C3CCC(C3)C2C1=O. The number of ether oxygens (including phenoxy) is 1. The molecule has 5 unspecified atom stereocenters. The quantitative estimate of drug-likeness (QED) is 0.439. The molecule has 0 aromatic heterocycles. The molecule has 1 aliphatic heterocycles. The second-order valence-corrected chi connectivity index (χ2v) is 8.08. The third-order valence-electron chi connectivity index (χ3n) is 6.20. The summed E-state index contributed by atoms with van der Waals surface area (Å²) in [5.41, 5.74) is 0.374. The van der Waals surface area contributed by atoms with E-state index in [1.165, 1.54) is 6.92 Å². The molecule has 2 amide bonds. The first kappa shape index (κ1) is 18.2. The number of likely N-dealkylation sites (tertiary alicyclic amines) is 1. The number of amides is 2. The van der Waals surface area contributed by atoms with Crippen molar-refractivity contribution in [2.45, 2.75) is 32.2 Å². The molecule has 3 aliphatic rings. The molecule has 0 spiro atoms. The van der Waals surface area contributed by atoms with Gasteiger partial charge in [-0.1, -0.05) is 11.6 Å². The molecular weight excluding hydrogens is 370 g/mol. The molecule has 1 aromatic rings. The maximum absolute atomic E-state index is 12.7. The van der Waals surface area contributed by atoms with Gasteiger partial charge < -0.3 is 4.74 Å². The lowest BCUT2D eigenvalue weighted by Gasteiger charge is -2.22. The summed E-state index contributed by atoms with van der Waals surface area (Å²) in [6, 6.07) is 5.23. The molecule has 0 N–H and O–H groups in total.